The van der Waals surface area contributed by atoms with Gasteiger partial charge in [0, 0.05) is 5.92 Å². The molecule has 0 radical (unpaired) electrons. The predicted octanol–water partition coefficient (Wildman–Crippen LogP) is 5.62. The fraction of sp³-hybridized carbons (Fsp3) is 0.500. The van der Waals surface area contributed by atoms with Gasteiger partial charge in [0.1, 0.15) is 0 Å². The van der Waals surface area contributed by atoms with Crippen molar-refractivity contribution in [3.05, 3.63) is 71.3 Å². The van der Waals surface area contributed by atoms with Crippen molar-refractivity contribution in [1.82, 2.24) is 0 Å². The lowest BCUT2D eigenvalue weighted by atomic mass is 9.55. The summed E-state index contributed by atoms with van der Waals surface area (Å²) in [6.45, 7) is 9.38. The van der Waals surface area contributed by atoms with Crippen LogP contribution in [0.25, 0.3) is 0 Å². The molecule has 134 valence electrons. The zero-order chi connectivity index (χ0) is 18.0. The second-order valence-corrected chi connectivity index (χ2v) is 8.19. The molecule has 0 fully saturated rings. The van der Waals surface area contributed by atoms with Crippen molar-refractivity contribution in [2.24, 2.45) is 17.3 Å². The molecule has 0 saturated heterocycles. The van der Waals surface area contributed by atoms with Crippen LogP contribution in [0.5, 0.6) is 0 Å². The van der Waals surface area contributed by atoms with Crippen molar-refractivity contribution >= 4 is 0 Å². The molecule has 3 rings (SSSR count). The lowest BCUT2D eigenvalue weighted by molar-refractivity contribution is -0.000917. The van der Waals surface area contributed by atoms with E-state index >= 15 is 0 Å². The first-order valence-electron chi connectivity index (χ1n) is 9.80. The molecular formula is C24H32O. The van der Waals surface area contributed by atoms with Crippen molar-refractivity contribution in [1.29, 1.82) is 0 Å². The van der Waals surface area contributed by atoms with E-state index in [0.29, 0.717) is 11.8 Å². The highest BCUT2D eigenvalue weighted by atomic mass is 16.3. The molecule has 1 aliphatic carbocycles. The molecule has 1 nitrogen and oxygen atoms in total. The van der Waals surface area contributed by atoms with Gasteiger partial charge in [0.05, 0.1) is 6.10 Å². The van der Waals surface area contributed by atoms with Gasteiger partial charge in [0.15, 0.2) is 0 Å². The van der Waals surface area contributed by atoms with Crippen LogP contribution in [-0.4, -0.2) is 11.2 Å². The summed E-state index contributed by atoms with van der Waals surface area (Å²) in [5.74, 6) is 1.24. The summed E-state index contributed by atoms with van der Waals surface area (Å²) in [5.41, 5.74) is 4.15. The van der Waals surface area contributed by atoms with Crippen molar-refractivity contribution in [3.63, 3.8) is 0 Å². The highest BCUT2D eigenvalue weighted by Crippen LogP contribution is 2.56. The first-order chi connectivity index (χ1) is 12.0. The molecule has 0 spiro atoms. The first-order valence-corrected chi connectivity index (χ1v) is 9.80. The third kappa shape index (κ3) is 3.15. The molecule has 0 aliphatic heterocycles. The van der Waals surface area contributed by atoms with Gasteiger partial charge in [-0.2, -0.15) is 0 Å². The summed E-state index contributed by atoms with van der Waals surface area (Å²) in [6.07, 6.45) is 2.67. The van der Waals surface area contributed by atoms with Crippen molar-refractivity contribution in [3.8, 4) is 0 Å². The summed E-state index contributed by atoms with van der Waals surface area (Å²) in [6, 6.07) is 19.5. The van der Waals surface area contributed by atoms with Crippen molar-refractivity contribution in [2.75, 3.05) is 0 Å². The van der Waals surface area contributed by atoms with Gasteiger partial charge in [-0.3, -0.25) is 0 Å². The summed E-state index contributed by atoms with van der Waals surface area (Å²) < 4.78 is 0. The van der Waals surface area contributed by atoms with Gasteiger partial charge in [-0.25, -0.2) is 0 Å². The Labute approximate surface area is 153 Å². The van der Waals surface area contributed by atoms with Gasteiger partial charge in [-0.05, 0) is 46.8 Å². The van der Waals surface area contributed by atoms with E-state index < -0.39 is 0 Å². The molecule has 0 aromatic heterocycles. The minimum atomic E-state index is -0.280. The van der Waals surface area contributed by atoms with Gasteiger partial charge in [0.25, 0.3) is 0 Å². The molecule has 0 heterocycles. The number of aliphatic hydroxyl groups excluding tert-OH is 1. The highest BCUT2D eigenvalue weighted by Gasteiger charge is 2.51. The summed E-state index contributed by atoms with van der Waals surface area (Å²) in [4.78, 5) is 0. The fourth-order valence-corrected chi connectivity index (χ4v) is 5.27. The van der Waals surface area contributed by atoms with Crippen LogP contribution in [0.15, 0.2) is 54.6 Å². The SMILES string of the molecule is CCC(C)C(Cc1ccccc1)(C(C)C)C1c2ccccc2CC1O. The maximum Gasteiger partial charge on any atom is 0.0654 e. The Balaban J connectivity index is 2.13. The van der Waals surface area contributed by atoms with E-state index in [1.807, 2.05) is 0 Å². The first kappa shape index (κ1) is 18.2. The minimum Gasteiger partial charge on any atom is -0.392 e. The van der Waals surface area contributed by atoms with E-state index in [4.69, 9.17) is 0 Å². The molecule has 0 amide bonds. The Kier molecular flexibility index (Phi) is 5.34. The van der Waals surface area contributed by atoms with Gasteiger partial charge >= 0.3 is 0 Å². The fourth-order valence-electron chi connectivity index (χ4n) is 5.27. The molecule has 1 heteroatoms. The monoisotopic (exact) mass is 336 g/mol. The molecule has 1 N–H and O–H groups in total. The van der Waals surface area contributed by atoms with Crippen LogP contribution in [0, 0.1) is 17.3 Å². The number of aliphatic hydroxyl groups is 1. The zero-order valence-corrected chi connectivity index (χ0v) is 16.1. The van der Waals surface area contributed by atoms with E-state index in [0.717, 1.165) is 19.3 Å². The predicted molar refractivity (Wildman–Crippen MR) is 106 cm³/mol. The van der Waals surface area contributed by atoms with E-state index in [1.54, 1.807) is 0 Å². The van der Waals surface area contributed by atoms with Gasteiger partial charge in [-0.15, -0.1) is 0 Å². The molecule has 2 aromatic rings. The third-order valence-corrected chi connectivity index (χ3v) is 6.74. The Hall–Kier alpha value is -1.60. The summed E-state index contributed by atoms with van der Waals surface area (Å²) >= 11 is 0. The summed E-state index contributed by atoms with van der Waals surface area (Å²) in [5, 5.41) is 11.1. The molecule has 25 heavy (non-hydrogen) atoms. The largest absolute Gasteiger partial charge is 0.392 e. The van der Waals surface area contributed by atoms with Gasteiger partial charge < -0.3 is 5.11 Å². The third-order valence-electron chi connectivity index (χ3n) is 6.74. The maximum absolute atomic E-state index is 11.1. The Bertz CT molecular complexity index is 690. The normalized spacial score (nSPS) is 23.3. The molecule has 4 unspecified atom stereocenters. The van der Waals surface area contributed by atoms with Crippen LogP contribution in [0.4, 0.5) is 0 Å². The standard InChI is InChI=1S/C24H32O/c1-5-18(4)24(17(2)3,16-19-11-7-6-8-12-19)23-21-14-10-9-13-20(21)15-22(23)25/h6-14,17-18,22-23,25H,5,15-16H2,1-4H3. The second-order valence-electron chi connectivity index (χ2n) is 8.19. The van der Waals surface area contributed by atoms with Crippen molar-refractivity contribution < 1.29 is 5.11 Å². The zero-order valence-electron chi connectivity index (χ0n) is 16.1. The van der Waals surface area contributed by atoms with Crippen LogP contribution in [0.3, 0.4) is 0 Å². The molecular weight excluding hydrogens is 304 g/mol. The van der Waals surface area contributed by atoms with E-state index in [9.17, 15) is 5.11 Å². The molecule has 0 saturated carbocycles. The number of fused-ring (bicyclic) bond motifs is 1. The minimum absolute atomic E-state index is 0.0577. The highest BCUT2D eigenvalue weighted by molar-refractivity contribution is 5.40. The average Bonchev–Trinajstić information content (AvgIpc) is 2.95. The van der Waals surface area contributed by atoms with Crippen LogP contribution in [0.2, 0.25) is 0 Å². The van der Waals surface area contributed by atoms with Crippen LogP contribution < -0.4 is 0 Å². The van der Waals surface area contributed by atoms with E-state index in [-0.39, 0.29) is 17.4 Å². The smallest absolute Gasteiger partial charge is 0.0654 e. The molecule has 0 bridgehead atoms. The van der Waals surface area contributed by atoms with E-state index in [2.05, 4.69) is 82.3 Å². The topological polar surface area (TPSA) is 20.2 Å². The number of hydrogen-bond acceptors (Lipinski definition) is 1. The molecule has 1 aliphatic rings. The number of hydrogen-bond donors (Lipinski definition) is 1. The lowest BCUT2D eigenvalue weighted by Gasteiger charge is -2.49. The number of benzene rings is 2. The quantitative estimate of drug-likeness (QED) is 0.726. The molecule has 2 aromatic carbocycles. The van der Waals surface area contributed by atoms with Crippen LogP contribution in [0.1, 0.15) is 56.7 Å². The van der Waals surface area contributed by atoms with Crippen LogP contribution >= 0.6 is 0 Å². The average molecular weight is 337 g/mol. The van der Waals surface area contributed by atoms with Crippen LogP contribution in [-0.2, 0) is 12.8 Å². The van der Waals surface area contributed by atoms with Gasteiger partial charge in [-0.1, -0.05) is 88.7 Å². The van der Waals surface area contributed by atoms with Crippen molar-refractivity contribution in [2.45, 2.75) is 59.0 Å². The Morgan fingerprint density at radius 3 is 2.28 bits per heavy atom. The summed E-state index contributed by atoms with van der Waals surface area (Å²) in [7, 11) is 0. The van der Waals surface area contributed by atoms with Gasteiger partial charge in [0.2, 0.25) is 0 Å². The Morgan fingerprint density at radius 1 is 1.00 bits per heavy atom. The lowest BCUT2D eigenvalue weighted by Crippen LogP contribution is -2.45. The molecule has 4 atom stereocenters. The van der Waals surface area contributed by atoms with E-state index in [1.165, 1.54) is 16.7 Å². The maximum atomic E-state index is 11.1. The second kappa shape index (κ2) is 7.33. The Morgan fingerprint density at radius 2 is 1.64 bits per heavy atom. The number of rotatable bonds is 6.